The van der Waals surface area contributed by atoms with E-state index in [-0.39, 0.29) is 0 Å². The summed E-state index contributed by atoms with van der Waals surface area (Å²) in [6, 6.07) is 18.8. The molecule has 0 saturated heterocycles. The van der Waals surface area contributed by atoms with E-state index in [1.807, 2.05) is 0 Å². The highest BCUT2D eigenvalue weighted by atomic mass is 14.3. The Hall–Kier alpha value is -1.56. The minimum absolute atomic E-state index is 0.780. The number of hydrogen-bond acceptors (Lipinski definition) is 0. The summed E-state index contributed by atoms with van der Waals surface area (Å²) in [5.41, 5.74) is 5.77. The smallest absolute Gasteiger partial charge is 0.0162 e. The van der Waals surface area contributed by atoms with Crippen molar-refractivity contribution in [1.29, 1.82) is 0 Å². The van der Waals surface area contributed by atoms with Gasteiger partial charge in [-0.1, -0.05) is 108 Å². The van der Waals surface area contributed by atoms with Crippen LogP contribution in [-0.4, -0.2) is 0 Å². The van der Waals surface area contributed by atoms with E-state index in [2.05, 4.69) is 69.3 Å². The van der Waals surface area contributed by atoms with Gasteiger partial charge in [0.2, 0.25) is 0 Å². The zero-order chi connectivity index (χ0) is 21.9. The largest absolute Gasteiger partial charge is 0.0654 e. The van der Waals surface area contributed by atoms with E-state index < -0.39 is 0 Å². The molecule has 170 valence electrons. The minimum Gasteiger partial charge on any atom is -0.0654 e. The summed E-state index contributed by atoms with van der Waals surface area (Å²) in [6.45, 7) is 7.04. The molecule has 0 heterocycles. The third-order valence-corrected chi connectivity index (χ3v) is 7.77. The fourth-order valence-electron chi connectivity index (χ4n) is 5.39. The molecule has 0 bridgehead atoms. The zero-order valence-electron chi connectivity index (χ0n) is 20.5. The van der Waals surface area contributed by atoms with Crippen molar-refractivity contribution in [2.24, 2.45) is 11.8 Å². The third kappa shape index (κ3) is 7.81. The van der Waals surface area contributed by atoms with Gasteiger partial charge in [0.1, 0.15) is 0 Å². The third-order valence-electron chi connectivity index (χ3n) is 7.77. The van der Waals surface area contributed by atoms with Crippen LogP contribution >= 0.6 is 0 Å². The summed E-state index contributed by atoms with van der Waals surface area (Å²) < 4.78 is 0. The maximum atomic E-state index is 2.42. The van der Waals surface area contributed by atoms with Gasteiger partial charge in [-0.15, -0.1) is 0 Å². The average molecular weight is 419 g/mol. The van der Waals surface area contributed by atoms with Crippen LogP contribution in [0.3, 0.4) is 0 Å². The molecule has 0 aliphatic heterocycles. The van der Waals surface area contributed by atoms with Crippen LogP contribution in [0.5, 0.6) is 0 Å². The second kappa shape index (κ2) is 13.1. The minimum atomic E-state index is 0.780. The second-order valence-corrected chi connectivity index (χ2v) is 10.3. The van der Waals surface area contributed by atoms with Gasteiger partial charge in [0, 0.05) is 0 Å². The van der Waals surface area contributed by atoms with E-state index in [1.165, 1.54) is 100 Å². The van der Waals surface area contributed by atoms with Crippen molar-refractivity contribution in [3.63, 3.8) is 0 Å². The zero-order valence-corrected chi connectivity index (χ0v) is 20.5. The molecule has 0 nitrogen and oxygen atoms in total. The Morgan fingerprint density at radius 1 is 0.710 bits per heavy atom. The lowest BCUT2D eigenvalue weighted by Crippen LogP contribution is -2.15. The van der Waals surface area contributed by atoms with Crippen LogP contribution < -0.4 is 0 Å². The summed E-state index contributed by atoms with van der Waals surface area (Å²) in [6.07, 6.45) is 17.9. The van der Waals surface area contributed by atoms with Gasteiger partial charge >= 0.3 is 0 Å². The normalized spacial score (nSPS) is 20.0. The van der Waals surface area contributed by atoms with Crippen LogP contribution in [0, 0.1) is 11.8 Å². The maximum absolute atomic E-state index is 2.42. The standard InChI is InChI=1S/C31H46/c1-4-6-7-8-9-10-11-26-12-16-28(17-13-26)30-20-22-31(23-21-30)29-18-14-27(15-19-29)24-25(3)5-2/h12-13,16-17,20-23,25,27,29H,4-11,14-15,18-19,24H2,1-3H3. The van der Waals surface area contributed by atoms with Gasteiger partial charge in [0.15, 0.2) is 0 Å². The number of benzene rings is 2. The molecule has 1 aliphatic carbocycles. The molecule has 0 amide bonds. The highest BCUT2D eigenvalue weighted by Gasteiger charge is 2.23. The molecule has 31 heavy (non-hydrogen) atoms. The molecule has 1 atom stereocenters. The van der Waals surface area contributed by atoms with Crippen molar-refractivity contribution in [2.45, 2.75) is 110 Å². The van der Waals surface area contributed by atoms with E-state index in [9.17, 15) is 0 Å². The monoisotopic (exact) mass is 418 g/mol. The van der Waals surface area contributed by atoms with Crippen LogP contribution in [0.15, 0.2) is 48.5 Å². The van der Waals surface area contributed by atoms with Crippen LogP contribution in [0.4, 0.5) is 0 Å². The summed E-state index contributed by atoms with van der Waals surface area (Å²) in [7, 11) is 0. The Kier molecular flexibility index (Phi) is 10.2. The first-order chi connectivity index (χ1) is 15.2. The number of hydrogen-bond donors (Lipinski definition) is 0. The van der Waals surface area contributed by atoms with Gasteiger partial charge in [-0.2, -0.15) is 0 Å². The fourth-order valence-corrected chi connectivity index (χ4v) is 5.39. The van der Waals surface area contributed by atoms with Gasteiger partial charge < -0.3 is 0 Å². The molecular weight excluding hydrogens is 372 g/mol. The first-order valence-electron chi connectivity index (χ1n) is 13.4. The molecule has 0 heteroatoms. The maximum Gasteiger partial charge on any atom is -0.0162 e. The molecule has 1 saturated carbocycles. The molecule has 0 radical (unpaired) electrons. The Balaban J connectivity index is 1.46. The van der Waals surface area contributed by atoms with Gasteiger partial charge in [-0.25, -0.2) is 0 Å². The summed E-state index contributed by atoms with van der Waals surface area (Å²) in [5, 5.41) is 0. The number of rotatable bonds is 12. The lowest BCUT2D eigenvalue weighted by Gasteiger charge is -2.30. The molecule has 0 spiro atoms. The predicted octanol–water partition coefficient (Wildman–Crippen LogP) is 9.97. The van der Waals surface area contributed by atoms with Gasteiger partial charge in [0.25, 0.3) is 0 Å². The molecule has 1 fully saturated rings. The molecule has 0 aromatic heterocycles. The fraction of sp³-hybridized carbons (Fsp3) is 0.613. The topological polar surface area (TPSA) is 0 Å². The van der Waals surface area contributed by atoms with E-state index >= 15 is 0 Å². The van der Waals surface area contributed by atoms with E-state index in [0.29, 0.717) is 0 Å². The lowest BCUT2D eigenvalue weighted by molar-refractivity contribution is 0.273. The predicted molar refractivity (Wildman–Crippen MR) is 138 cm³/mol. The van der Waals surface area contributed by atoms with E-state index in [4.69, 9.17) is 0 Å². The van der Waals surface area contributed by atoms with Gasteiger partial charge in [-0.3, -0.25) is 0 Å². The summed E-state index contributed by atoms with van der Waals surface area (Å²) in [4.78, 5) is 0. The Morgan fingerprint density at radius 3 is 1.90 bits per heavy atom. The van der Waals surface area contributed by atoms with Crippen LogP contribution in [0.2, 0.25) is 0 Å². The summed E-state index contributed by atoms with van der Waals surface area (Å²) in [5.74, 6) is 2.65. The van der Waals surface area contributed by atoms with Crippen molar-refractivity contribution in [2.75, 3.05) is 0 Å². The van der Waals surface area contributed by atoms with Crippen LogP contribution in [0.1, 0.15) is 115 Å². The summed E-state index contributed by atoms with van der Waals surface area (Å²) >= 11 is 0. The molecule has 2 aromatic rings. The second-order valence-electron chi connectivity index (χ2n) is 10.3. The lowest BCUT2D eigenvalue weighted by atomic mass is 9.75. The van der Waals surface area contributed by atoms with Gasteiger partial charge in [-0.05, 0) is 85.0 Å². The highest BCUT2D eigenvalue weighted by molar-refractivity contribution is 5.64. The number of aryl methyl sites for hydroxylation is 1. The highest BCUT2D eigenvalue weighted by Crippen LogP contribution is 2.39. The van der Waals surface area contributed by atoms with Crippen molar-refractivity contribution < 1.29 is 0 Å². The molecule has 3 rings (SSSR count). The molecular formula is C31H46. The number of unbranched alkanes of at least 4 members (excludes halogenated alkanes) is 5. The Labute approximate surface area is 192 Å². The molecule has 0 N–H and O–H groups in total. The Bertz CT molecular complexity index is 716. The molecule has 1 unspecified atom stereocenters. The van der Waals surface area contributed by atoms with Crippen molar-refractivity contribution in [3.8, 4) is 11.1 Å². The van der Waals surface area contributed by atoms with Gasteiger partial charge in [0.05, 0.1) is 0 Å². The van der Waals surface area contributed by atoms with Crippen LogP contribution in [-0.2, 0) is 6.42 Å². The molecule has 1 aliphatic rings. The molecule has 2 aromatic carbocycles. The average Bonchev–Trinajstić information content (AvgIpc) is 2.82. The SMILES string of the molecule is CCCCCCCCc1ccc(-c2ccc(C3CCC(CC(C)CC)CC3)cc2)cc1. The first-order valence-corrected chi connectivity index (χ1v) is 13.4. The van der Waals surface area contributed by atoms with E-state index in [0.717, 1.165) is 17.8 Å². The van der Waals surface area contributed by atoms with Crippen molar-refractivity contribution >= 4 is 0 Å². The first kappa shape index (κ1) is 24.1. The van der Waals surface area contributed by atoms with Crippen molar-refractivity contribution in [3.05, 3.63) is 59.7 Å². The van der Waals surface area contributed by atoms with E-state index in [1.54, 1.807) is 5.56 Å². The van der Waals surface area contributed by atoms with Crippen LogP contribution in [0.25, 0.3) is 11.1 Å². The van der Waals surface area contributed by atoms with Crippen molar-refractivity contribution in [1.82, 2.24) is 0 Å². The Morgan fingerprint density at radius 2 is 1.29 bits per heavy atom. The quantitative estimate of drug-likeness (QED) is 0.301.